The Balaban J connectivity index is 0.00000200. The standard InChI is InChI=1S/C10H8N2O6S.Na/c13-9-5-8(10(14)15)11-12(9)6-1-3-7(4-2-6)19(16,17)18;/h1-4H,5H2,(H,14,15)(H,16,17,18);. The van der Waals surface area contributed by atoms with Gasteiger partial charge in [0.2, 0.25) is 0 Å². The summed E-state index contributed by atoms with van der Waals surface area (Å²) in [6.45, 7) is 0. The third-order valence-electron chi connectivity index (χ3n) is 2.40. The molecule has 1 aromatic rings. The van der Waals surface area contributed by atoms with Crippen molar-refractivity contribution in [2.45, 2.75) is 11.3 Å². The largest absolute Gasteiger partial charge is 0.477 e. The topological polar surface area (TPSA) is 124 Å². The van der Waals surface area contributed by atoms with Gasteiger partial charge < -0.3 is 5.11 Å². The van der Waals surface area contributed by atoms with Gasteiger partial charge in [0.15, 0.2) is 5.71 Å². The summed E-state index contributed by atoms with van der Waals surface area (Å²) in [6, 6.07) is 4.67. The van der Waals surface area contributed by atoms with E-state index in [4.69, 9.17) is 9.66 Å². The van der Waals surface area contributed by atoms with Gasteiger partial charge in [0.1, 0.15) is 0 Å². The molecule has 0 spiro atoms. The molecule has 0 aromatic heterocycles. The van der Waals surface area contributed by atoms with Crippen LogP contribution in [-0.4, -0.2) is 65.2 Å². The van der Waals surface area contributed by atoms with Crippen molar-refractivity contribution in [1.82, 2.24) is 0 Å². The molecule has 101 valence electrons. The molecule has 0 fully saturated rings. The molecule has 0 unspecified atom stereocenters. The first-order chi connectivity index (χ1) is 8.79. The first kappa shape index (κ1) is 16.8. The first-order valence-electron chi connectivity index (χ1n) is 5.00. The van der Waals surface area contributed by atoms with Gasteiger partial charge in [-0.2, -0.15) is 18.5 Å². The molecule has 1 radical (unpaired) electrons. The monoisotopic (exact) mass is 307 g/mol. The van der Waals surface area contributed by atoms with Crippen molar-refractivity contribution in [3.8, 4) is 0 Å². The van der Waals surface area contributed by atoms with Crippen LogP contribution in [0.5, 0.6) is 0 Å². The number of hydrogen-bond acceptors (Lipinski definition) is 5. The molecule has 2 rings (SSSR count). The van der Waals surface area contributed by atoms with Crippen molar-refractivity contribution in [1.29, 1.82) is 0 Å². The van der Waals surface area contributed by atoms with Crippen molar-refractivity contribution in [2.75, 3.05) is 5.01 Å². The number of carbonyl (C=O) groups is 2. The minimum Gasteiger partial charge on any atom is -0.477 e. The molecule has 2 N–H and O–H groups in total. The summed E-state index contributed by atoms with van der Waals surface area (Å²) in [4.78, 5) is 21.9. The molecule has 1 aliphatic rings. The van der Waals surface area contributed by atoms with Crippen molar-refractivity contribution in [3.63, 3.8) is 0 Å². The van der Waals surface area contributed by atoms with Crippen LogP contribution in [0.4, 0.5) is 5.69 Å². The van der Waals surface area contributed by atoms with Crippen molar-refractivity contribution >= 4 is 63.0 Å². The number of amides is 1. The van der Waals surface area contributed by atoms with E-state index in [2.05, 4.69) is 5.10 Å². The quantitative estimate of drug-likeness (QED) is 0.585. The number of carboxylic acids is 1. The van der Waals surface area contributed by atoms with Gasteiger partial charge in [-0.25, -0.2) is 4.79 Å². The Morgan fingerprint density at radius 2 is 1.80 bits per heavy atom. The Bertz CT molecular complexity index is 682. The number of hydrazone groups is 1. The van der Waals surface area contributed by atoms with Gasteiger partial charge >= 0.3 is 5.97 Å². The zero-order valence-electron chi connectivity index (χ0n) is 10.3. The van der Waals surface area contributed by atoms with Gasteiger partial charge in [0.25, 0.3) is 16.0 Å². The van der Waals surface area contributed by atoms with E-state index in [0.717, 1.165) is 17.1 Å². The van der Waals surface area contributed by atoms with Crippen LogP contribution >= 0.6 is 0 Å². The average molecular weight is 307 g/mol. The van der Waals surface area contributed by atoms with Gasteiger partial charge in [0.05, 0.1) is 17.0 Å². The summed E-state index contributed by atoms with van der Waals surface area (Å²) >= 11 is 0. The van der Waals surface area contributed by atoms with E-state index in [1.807, 2.05) is 0 Å². The number of rotatable bonds is 3. The van der Waals surface area contributed by atoms with Crippen LogP contribution in [0.15, 0.2) is 34.3 Å². The Morgan fingerprint density at radius 3 is 2.20 bits per heavy atom. The molecule has 1 aliphatic heterocycles. The van der Waals surface area contributed by atoms with Crippen molar-refractivity contribution in [2.24, 2.45) is 5.10 Å². The van der Waals surface area contributed by atoms with Crippen LogP contribution in [0.2, 0.25) is 0 Å². The number of hydrogen-bond donors (Lipinski definition) is 2. The fraction of sp³-hybridized carbons (Fsp3) is 0.100. The molecular weight excluding hydrogens is 299 g/mol. The fourth-order valence-electron chi connectivity index (χ4n) is 1.51. The van der Waals surface area contributed by atoms with E-state index < -0.39 is 22.0 Å². The molecule has 10 heteroatoms. The molecule has 0 aliphatic carbocycles. The fourth-order valence-corrected chi connectivity index (χ4v) is 1.99. The normalized spacial score (nSPS) is 14.8. The molecule has 0 bridgehead atoms. The Hall–Kier alpha value is -1.26. The summed E-state index contributed by atoms with van der Waals surface area (Å²) < 4.78 is 30.5. The second-order valence-electron chi connectivity index (χ2n) is 3.70. The minimum absolute atomic E-state index is 0. The van der Waals surface area contributed by atoms with Crippen LogP contribution in [0.25, 0.3) is 0 Å². The predicted molar refractivity (Wildman–Crippen MR) is 69.2 cm³/mol. The summed E-state index contributed by atoms with van der Waals surface area (Å²) in [5.74, 6) is -1.82. The van der Waals surface area contributed by atoms with Crippen molar-refractivity contribution < 1.29 is 27.7 Å². The van der Waals surface area contributed by atoms with E-state index in [1.165, 1.54) is 12.1 Å². The van der Waals surface area contributed by atoms with Crippen LogP contribution < -0.4 is 5.01 Å². The van der Waals surface area contributed by atoms with Gasteiger partial charge in [-0.1, -0.05) is 0 Å². The summed E-state index contributed by atoms with van der Waals surface area (Å²) in [6.07, 6.45) is -0.324. The van der Waals surface area contributed by atoms with Crippen LogP contribution in [0.3, 0.4) is 0 Å². The van der Waals surface area contributed by atoms with Gasteiger partial charge in [-0.3, -0.25) is 9.35 Å². The Labute approximate surface area is 136 Å². The second-order valence-corrected chi connectivity index (χ2v) is 5.12. The number of nitrogens with zero attached hydrogens (tertiary/aromatic N) is 2. The number of carboxylic acid groups (broad SMARTS) is 1. The number of carbonyl (C=O) groups excluding carboxylic acids is 1. The zero-order valence-corrected chi connectivity index (χ0v) is 13.2. The van der Waals surface area contributed by atoms with E-state index in [-0.39, 0.29) is 52.3 Å². The molecule has 0 saturated heterocycles. The number of benzene rings is 1. The van der Waals surface area contributed by atoms with Crippen LogP contribution in [-0.2, 0) is 19.7 Å². The summed E-state index contributed by atoms with van der Waals surface area (Å²) in [7, 11) is -4.31. The summed E-state index contributed by atoms with van der Waals surface area (Å²) in [5.41, 5.74) is -0.0718. The molecule has 0 saturated carbocycles. The van der Waals surface area contributed by atoms with E-state index >= 15 is 0 Å². The van der Waals surface area contributed by atoms with Crippen LogP contribution in [0.1, 0.15) is 6.42 Å². The SMILES string of the molecule is O=C(O)C1=NN(c2ccc(S(=O)(=O)O)cc2)C(=O)C1.[Na]. The molecule has 0 atom stereocenters. The molecule has 8 nitrogen and oxygen atoms in total. The molecule has 1 amide bonds. The molecule has 1 heterocycles. The van der Waals surface area contributed by atoms with E-state index in [1.54, 1.807) is 0 Å². The van der Waals surface area contributed by atoms with Gasteiger partial charge in [-0.05, 0) is 24.3 Å². The van der Waals surface area contributed by atoms with E-state index in [0.29, 0.717) is 0 Å². The zero-order chi connectivity index (χ0) is 14.2. The van der Waals surface area contributed by atoms with Gasteiger partial charge in [-0.15, -0.1) is 0 Å². The van der Waals surface area contributed by atoms with Crippen molar-refractivity contribution in [3.05, 3.63) is 24.3 Å². The third-order valence-corrected chi connectivity index (χ3v) is 3.27. The Kier molecular flexibility index (Phi) is 5.05. The first-order valence-corrected chi connectivity index (χ1v) is 6.44. The predicted octanol–water partition coefficient (Wildman–Crippen LogP) is -0.270. The van der Waals surface area contributed by atoms with E-state index in [9.17, 15) is 18.0 Å². The minimum atomic E-state index is -4.31. The average Bonchev–Trinajstić information content (AvgIpc) is 2.70. The smallest absolute Gasteiger partial charge is 0.352 e. The number of anilines is 1. The molecular formula is C10H8N2NaO6S. The maximum absolute atomic E-state index is 11.6. The maximum Gasteiger partial charge on any atom is 0.352 e. The maximum atomic E-state index is 11.6. The molecule has 20 heavy (non-hydrogen) atoms. The third kappa shape index (κ3) is 3.44. The van der Waals surface area contributed by atoms with Gasteiger partial charge in [0, 0.05) is 29.6 Å². The van der Waals surface area contributed by atoms with Crippen LogP contribution in [0, 0.1) is 0 Å². The second kappa shape index (κ2) is 6.02. The number of aliphatic carboxylic acids is 1. The summed E-state index contributed by atoms with van der Waals surface area (Å²) in [5, 5.41) is 13.2. The Morgan fingerprint density at radius 1 is 1.25 bits per heavy atom. The molecule has 1 aromatic carbocycles.